The Morgan fingerprint density at radius 3 is 2.76 bits per heavy atom. The van der Waals surface area contributed by atoms with E-state index in [1.54, 1.807) is 18.9 Å². The number of carbonyl (C=O) groups is 1. The topological polar surface area (TPSA) is 61.5 Å². The summed E-state index contributed by atoms with van der Waals surface area (Å²) in [5.74, 6) is 1.71. The van der Waals surface area contributed by atoms with Gasteiger partial charge in [-0.05, 0) is 37.9 Å². The van der Waals surface area contributed by atoms with Crippen LogP contribution in [0.5, 0.6) is 0 Å². The number of hydrogen-bond acceptors (Lipinski definition) is 5. The second kappa shape index (κ2) is 7.24. The lowest BCUT2D eigenvalue weighted by atomic mass is 9.97. The van der Waals surface area contributed by atoms with Gasteiger partial charge in [-0.25, -0.2) is 0 Å². The van der Waals surface area contributed by atoms with Crippen molar-refractivity contribution in [2.45, 2.75) is 31.7 Å². The molecule has 1 aliphatic rings. The van der Waals surface area contributed by atoms with Gasteiger partial charge in [-0.15, -0.1) is 0 Å². The van der Waals surface area contributed by atoms with Crippen LogP contribution in [0, 0.1) is 5.92 Å². The Hall–Kier alpha value is -0.260. The zero-order valence-corrected chi connectivity index (χ0v) is 11.6. The van der Waals surface area contributed by atoms with Crippen LogP contribution in [0.2, 0.25) is 0 Å². The van der Waals surface area contributed by atoms with E-state index in [1.807, 2.05) is 6.92 Å². The minimum absolute atomic E-state index is 0.234. The molecule has 1 rings (SSSR count). The summed E-state index contributed by atoms with van der Waals surface area (Å²) in [7, 11) is 1.70. The molecule has 0 bridgehead atoms. The van der Waals surface area contributed by atoms with Crippen molar-refractivity contribution in [3.05, 3.63) is 0 Å². The maximum atomic E-state index is 11.9. The molecule has 0 aromatic heterocycles. The fourth-order valence-corrected chi connectivity index (χ4v) is 2.91. The number of methoxy groups -OCH3 is 1. The lowest BCUT2D eigenvalue weighted by Crippen LogP contribution is -2.53. The first-order chi connectivity index (χ1) is 8.15. The highest BCUT2D eigenvalue weighted by Gasteiger charge is 2.48. The Morgan fingerprint density at radius 2 is 2.24 bits per heavy atom. The molecule has 17 heavy (non-hydrogen) atoms. The Bertz CT molecular complexity index is 246. The van der Waals surface area contributed by atoms with Gasteiger partial charge in [-0.1, -0.05) is 0 Å². The monoisotopic (exact) mass is 261 g/mol. The molecular formula is C12H23NO3S. The highest BCUT2D eigenvalue weighted by molar-refractivity contribution is 7.99. The van der Waals surface area contributed by atoms with Crippen molar-refractivity contribution in [3.63, 3.8) is 0 Å². The van der Waals surface area contributed by atoms with Crippen LogP contribution in [-0.2, 0) is 14.3 Å². The molecular weight excluding hydrogens is 238 g/mol. The molecule has 5 heteroatoms. The van der Waals surface area contributed by atoms with Crippen LogP contribution in [0.25, 0.3) is 0 Å². The molecule has 2 N–H and O–H groups in total. The highest BCUT2D eigenvalue weighted by atomic mass is 32.2. The molecule has 0 saturated heterocycles. The van der Waals surface area contributed by atoms with Crippen LogP contribution in [0.3, 0.4) is 0 Å². The normalized spacial score (nSPS) is 18.8. The number of thioether (sulfide) groups is 1. The smallest absolute Gasteiger partial charge is 0.327 e. The van der Waals surface area contributed by atoms with E-state index in [0.717, 1.165) is 31.6 Å². The van der Waals surface area contributed by atoms with Crippen LogP contribution >= 0.6 is 11.8 Å². The quantitative estimate of drug-likeness (QED) is 0.502. The van der Waals surface area contributed by atoms with Crippen LogP contribution in [0.1, 0.15) is 26.2 Å². The predicted octanol–water partition coefficient (Wildman–Crippen LogP) is 1.43. The summed E-state index contributed by atoms with van der Waals surface area (Å²) in [6, 6.07) is 0. The first kappa shape index (κ1) is 14.8. The molecule has 0 aromatic rings. The first-order valence-electron chi connectivity index (χ1n) is 6.18. The summed E-state index contributed by atoms with van der Waals surface area (Å²) in [4.78, 5) is 11.9. The fourth-order valence-electron chi connectivity index (χ4n) is 1.75. The largest absolute Gasteiger partial charge is 0.465 e. The van der Waals surface area contributed by atoms with E-state index in [2.05, 4.69) is 0 Å². The number of ether oxygens (including phenoxy) is 2. The first-order valence-corrected chi connectivity index (χ1v) is 7.33. The molecule has 4 nitrogen and oxygen atoms in total. The summed E-state index contributed by atoms with van der Waals surface area (Å²) >= 11 is 1.72. The number of carbonyl (C=O) groups excluding carboxylic acids is 1. The minimum Gasteiger partial charge on any atom is -0.465 e. The van der Waals surface area contributed by atoms with Crippen molar-refractivity contribution in [2.75, 3.05) is 31.8 Å². The summed E-state index contributed by atoms with van der Waals surface area (Å²) in [5.41, 5.74) is 5.45. The Morgan fingerprint density at radius 1 is 1.53 bits per heavy atom. The van der Waals surface area contributed by atoms with Gasteiger partial charge in [-0.2, -0.15) is 11.8 Å². The third-order valence-corrected chi connectivity index (χ3v) is 4.20. The van der Waals surface area contributed by atoms with Crippen LogP contribution < -0.4 is 5.73 Å². The molecule has 0 amide bonds. The number of nitrogens with two attached hydrogens (primary N) is 1. The summed E-state index contributed by atoms with van der Waals surface area (Å²) in [5, 5.41) is 0. The SMILES string of the molecule is CCOC(=O)C(N)(CSCCCOC)C1CC1. The van der Waals surface area contributed by atoms with E-state index in [4.69, 9.17) is 15.2 Å². The fraction of sp³-hybridized carbons (Fsp3) is 0.917. The van der Waals surface area contributed by atoms with E-state index in [1.165, 1.54) is 0 Å². The molecule has 0 aromatic carbocycles. The summed E-state index contributed by atoms with van der Waals surface area (Å²) in [6.07, 6.45) is 3.09. The summed E-state index contributed by atoms with van der Waals surface area (Å²) in [6.45, 7) is 2.98. The van der Waals surface area contributed by atoms with Gasteiger partial charge >= 0.3 is 5.97 Å². The molecule has 1 fully saturated rings. The number of rotatable bonds is 9. The molecule has 1 atom stereocenters. The molecule has 0 radical (unpaired) electrons. The molecule has 100 valence electrons. The standard InChI is InChI=1S/C12H23NO3S/c1-3-16-11(14)12(13,10-5-6-10)9-17-8-4-7-15-2/h10H,3-9,13H2,1-2H3. The average Bonchev–Trinajstić information content (AvgIpc) is 3.13. The van der Waals surface area contributed by atoms with E-state index >= 15 is 0 Å². The number of hydrogen-bond donors (Lipinski definition) is 1. The number of esters is 1. The maximum absolute atomic E-state index is 11.9. The average molecular weight is 261 g/mol. The van der Waals surface area contributed by atoms with Crippen molar-refractivity contribution < 1.29 is 14.3 Å². The molecule has 1 unspecified atom stereocenters. The Balaban J connectivity index is 2.34. The molecule has 0 heterocycles. The van der Waals surface area contributed by atoms with Gasteiger partial charge in [0, 0.05) is 19.5 Å². The van der Waals surface area contributed by atoms with Crippen molar-refractivity contribution >= 4 is 17.7 Å². The van der Waals surface area contributed by atoms with Crippen LogP contribution in [-0.4, -0.2) is 43.3 Å². The van der Waals surface area contributed by atoms with Gasteiger partial charge in [-0.3, -0.25) is 4.79 Å². The third-order valence-electron chi connectivity index (χ3n) is 2.94. The van der Waals surface area contributed by atoms with Crippen molar-refractivity contribution in [1.29, 1.82) is 0 Å². The second-order valence-corrected chi connectivity index (χ2v) is 5.54. The summed E-state index contributed by atoms with van der Waals surface area (Å²) < 4.78 is 10.1. The predicted molar refractivity (Wildman–Crippen MR) is 70.1 cm³/mol. The van der Waals surface area contributed by atoms with E-state index < -0.39 is 5.54 Å². The Kier molecular flexibility index (Phi) is 6.30. The van der Waals surface area contributed by atoms with Crippen LogP contribution in [0.4, 0.5) is 0 Å². The van der Waals surface area contributed by atoms with Crippen molar-refractivity contribution in [2.24, 2.45) is 11.7 Å². The maximum Gasteiger partial charge on any atom is 0.327 e. The molecule has 0 aliphatic heterocycles. The van der Waals surface area contributed by atoms with Gasteiger partial charge in [0.1, 0.15) is 5.54 Å². The van der Waals surface area contributed by atoms with E-state index in [9.17, 15) is 4.79 Å². The van der Waals surface area contributed by atoms with Crippen molar-refractivity contribution in [3.8, 4) is 0 Å². The zero-order chi connectivity index (χ0) is 12.7. The van der Waals surface area contributed by atoms with Gasteiger partial charge in [0.15, 0.2) is 0 Å². The minimum atomic E-state index is -0.770. The van der Waals surface area contributed by atoms with E-state index in [-0.39, 0.29) is 5.97 Å². The third kappa shape index (κ3) is 4.48. The molecule has 1 aliphatic carbocycles. The molecule has 1 saturated carbocycles. The van der Waals surface area contributed by atoms with Gasteiger partial charge in [0.25, 0.3) is 0 Å². The zero-order valence-electron chi connectivity index (χ0n) is 10.7. The lowest BCUT2D eigenvalue weighted by molar-refractivity contribution is -0.149. The van der Waals surface area contributed by atoms with E-state index in [0.29, 0.717) is 18.3 Å². The van der Waals surface area contributed by atoms with Crippen molar-refractivity contribution in [1.82, 2.24) is 0 Å². The Labute approximate surface area is 108 Å². The lowest BCUT2D eigenvalue weighted by Gasteiger charge is -2.26. The van der Waals surface area contributed by atoms with Gasteiger partial charge < -0.3 is 15.2 Å². The van der Waals surface area contributed by atoms with Crippen LogP contribution in [0.15, 0.2) is 0 Å². The second-order valence-electron chi connectivity index (χ2n) is 4.43. The highest BCUT2D eigenvalue weighted by Crippen LogP contribution is 2.40. The van der Waals surface area contributed by atoms with Gasteiger partial charge in [0.05, 0.1) is 6.61 Å². The molecule has 0 spiro atoms. The van der Waals surface area contributed by atoms with Gasteiger partial charge in [0.2, 0.25) is 0 Å².